The van der Waals surface area contributed by atoms with E-state index in [1.54, 1.807) is 12.0 Å². The van der Waals surface area contributed by atoms with Gasteiger partial charge < -0.3 is 19.0 Å². The predicted octanol–water partition coefficient (Wildman–Crippen LogP) is 3.81. The summed E-state index contributed by atoms with van der Waals surface area (Å²) in [5.41, 5.74) is 0.381. The minimum absolute atomic E-state index is 0.180. The highest BCUT2D eigenvalue weighted by molar-refractivity contribution is 6.71. The standard InChI is InChI=1S/C20H39NO5Si/c1-19(2,3)14-27(8,9)25-13-16-10-15(12-24-7)17(22)11-21(16)18(23)26-20(4,5)6/h10,16-17,22H,11-14H2,1-9H3/t16-,17?/m0/s1. The first-order chi connectivity index (χ1) is 12.1. The molecule has 0 spiro atoms. The average molecular weight is 402 g/mol. The van der Waals surface area contributed by atoms with Gasteiger partial charge in [-0.1, -0.05) is 26.8 Å². The Balaban J connectivity index is 2.97. The lowest BCUT2D eigenvalue weighted by atomic mass is 10.0. The molecule has 2 atom stereocenters. The van der Waals surface area contributed by atoms with Crippen LogP contribution in [-0.4, -0.2) is 69.0 Å². The monoisotopic (exact) mass is 401 g/mol. The van der Waals surface area contributed by atoms with Crippen molar-refractivity contribution in [1.29, 1.82) is 0 Å². The van der Waals surface area contributed by atoms with Gasteiger partial charge in [-0.25, -0.2) is 4.79 Å². The molecule has 0 aliphatic carbocycles. The van der Waals surface area contributed by atoms with Crippen LogP contribution in [0.15, 0.2) is 11.6 Å². The normalized spacial score (nSPS) is 21.9. The lowest BCUT2D eigenvalue weighted by Crippen LogP contribution is -2.52. The molecule has 0 aromatic carbocycles. The third-order valence-corrected chi connectivity index (χ3v) is 7.00. The molecular weight excluding hydrogens is 362 g/mol. The highest BCUT2D eigenvalue weighted by atomic mass is 28.4. The zero-order chi connectivity index (χ0) is 21.0. The fraction of sp³-hybridized carbons (Fsp3) is 0.850. The molecule has 0 saturated carbocycles. The molecule has 27 heavy (non-hydrogen) atoms. The summed E-state index contributed by atoms with van der Waals surface area (Å²) in [6, 6.07) is 0.747. The van der Waals surface area contributed by atoms with Gasteiger partial charge in [0.05, 0.1) is 31.9 Å². The highest BCUT2D eigenvalue weighted by Crippen LogP contribution is 2.29. The summed E-state index contributed by atoms with van der Waals surface area (Å²) in [5, 5.41) is 10.4. The Labute approximate surface area is 166 Å². The fourth-order valence-electron chi connectivity index (χ4n) is 3.51. The largest absolute Gasteiger partial charge is 0.444 e. The van der Waals surface area contributed by atoms with Crippen LogP contribution in [0.2, 0.25) is 19.1 Å². The molecule has 1 rings (SSSR count). The Morgan fingerprint density at radius 3 is 2.33 bits per heavy atom. The summed E-state index contributed by atoms with van der Waals surface area (Å²) in [5.74, 6) is 0. The Bertz CT molecular complexity index is 533. The number of carbonyl (C=O) groups is 1. The van der Waals surface area contributed by atoms with Crippen molar-refractivity contribution >= 4 is 14.4 Å². The number of β-amino-alcohol motifs (C(OH)–C–C–N with tert-alkyl or cyclic N) is 1. The molecule has 1 heterocycles. The molecule has 1 aliphatic rings. The maximum absolute atomic E-state index is 12.7. The number of methoxy groups -OCH3 is 1. The first kappa shape index (κ1) is 24.1. The Kier molecular flexibility index (Phi) is 8.11. The summed E-state index contributed by atoms with van der Waals surface area (Å²) in [4.78, 5) is 14.2. The van der Waals surface area contributed by atoms with Gasteiger partial charge in [0.1, 0.15) is 5.60 Å². The van der Waals surface area contributed by atoms with Crippen molar-refractivity contribution in [3.05, 3.63) is 11.6 Å². The highest BCUT2D eigenvalue weighted by Gasteiger charge is 2.36. The Morgan fingerprint density at radius 1 is 1.26 bits per heavy atom. The number of carbonyl (C=O) groups excluding carboxylic acids is 1. The van der Waals surface area contributed by atoms with Crippen molar-refractivity contribution in [2.75, 3.05) is 26.9 Å². The molecule has 0 aromatic heterocycles. The number of rotatable bonds is 6. The second-order valence-corrected chi connectivity index (χ2v) is 14.4. The molecule has 0 aromatic rings. The summed E-state index contributed by atoms with van der Waals surface area (Å²) in [7, 11) is -0.297. The number of amides is 1. The zero-order valence-corrected chi connectivity index (χ0v) is 19.6. The van der Waals surface area contributed by atoms with Crippen molar-refractivity contribution in [1.82, 2.24) is 4.90 Å². The lowest BCUT2D eigenvalue weighted by Gasteiger charge is -2.39. The minimum atomic E-state index is -1.89. The molecule has 1 unspecified atom stereocenters. The molecule has 7 heteroatoms. The van der Waals surface area contributed by atoms with E-state index >= 15 is 0 Å². The molecule has 0 bridgehead atoms. The maximum atomic E-state index is 12.7. The SMILES string of the molecule is COCC1=C[C@@H](CO[Si](C)(C)CC(C)(C)C)N(C(=O)OC(C)(C)C)CC1O. The van der Waals surface area contributed by atoms with Gasteiger partial charge in [-0.3, -0.25) is 4.90 Å². The Morgan fingerprint density at radius 2 is 1.85 bits per heavy atom. The minimum Gasteiger partial charge on any atom is -0.444 e. The molecule has 158 valence electrons. The van der Waals surface area contributed by atoms with E-state index in [0.29, 0.717) is 13.2 Å². The van der Waals surface area contributed by atoms with E-state index in [9.17, 15) is 9.90 Å². The second kappa shape index (κ2) is 9.07. The van der Waals surface area contributed by atoms with Crippen LogP contribution in [0.25, 0.3) is 0 Å². The summed E-state index contributed by atoms with van der Waals surface area (Å²) in [6.45, 7) is 17.5. The van der Waals surface area contributed by atoms with Crippen LogP contribution in [0.1, 0.15) is 41.5 Å². The first-order valence-corrected chi connectivity index (χ1v) is 12.8. The van der Waals surface area contributed by atoms with Crippen molar-refractivity contribution < 1.29 is 23.8 Å². The van der Waals surface area contributed by atoms with Gasteiger partial charge in [0.15, 0.2) is 8.32 Å². The summed E-state index contributed by atoms with van der Waals surface area (Å²) in [6.07, 6.45) is 0.704. The molecule has 0 radical (unpaired) electrons. The number of ether oxygens (including phenoxy) is 2. The third kappa shape index (κ3) is 8.77. The zero-order valence-electron chi connectivity index (χ0n) is 18.6. The van der Waals surface area contributed by atoms with E-state index in [4.69, 9.17) is 13.9 Å². The van der Waals surface area contributed by atoms with Crippen molar-refractivity contribution in [3.63, 3.8) is 0 Å². The first-order valence-electron chi connectivity index (χ1n) is 9.65. The third-order valence-electron chi connectivity index (χ3n) is 4.14. The van der Waals surface area contributed by atoms with Crippen LogP contribution >= 0.6 is 0 Å². The van der Waals surface area contributed by atoms with E-state index in [0.717, 1.165) is 11.6 Å². The smallest absolute Gasteiger partial charge is 0.410 e. The molecule has 0 saturated heterocycles. The van der Waals surface area contributed by atoms with Crippen molar-refractivity contribution in [2.45, 2.75) is 78.4 Å². The van der Waals surface area contributed by atoms with Crippen LogP contribution in [-0.2, 0) is 13.9 Å². The topological polar surface area (TPSA) is 68.2 Å². The van der Waals surface area contributed by atoms with Crippen molar-refractivity contribution in [3.8, 4) is 0 Å². The van der Waals surface area contributed by atoms with Crippen LogP contribution in [0.3, 0.4) is 0 Å². The summed E-state index contributed by atoms with van der Waals surface area (Å²) >= 11 is 0. The van der Waals surface area contributed by atoms with Crippen molar-refractivity contribution in [2.24, 2.45) is 5.41 Å². The van der Waals surface area contributed by atoms with Crippen LogP contribution in [0.4, 0.5) is 4.79 Å². The van der Waals surface area contributed by atoms with E-state index in [1.165, 1.54) is 0 Å². The summed E-state index contributed by atoms with van der Waals surface area (Å²) < 4.78 is 17.1. The number of aliphatic hydroxyl groups is 1. The van der Waals surface area contributed by atoms with Gasteiger partial charge >= 0.3 is 6.09 Å². The van der Waals surface area contributed by atoms with E-state index in [1.807, 2.05) is 26.8 Å². The fourth-order valence-corrected chi connectivity index (χ4v) is 6.78. The van der Waals surface area contributed by atoms with Gasteiger partial charge in [0.2, 0.25) is 0 Å². The average Bonchev–Trinajstić information content (AvgIpc) is 2.43. The van der Waals surface area contributed by atoms with Crippen LogP contribution < -0.4 is 0 Å². The maximum Gasteiger partial charge on any atom is 0.410 e. The van der Waals surface area contributed by atoms with Gasteiger partial charge in [-0.2, -0.15) is 0 Å². The van der Waals surface area contributed by atoms with Gasteiger partial charge in [0.25, 0.3) is 0 Å². The number of hydrogen-bond acceptors (Lipinski definition) is 5. The number of hydrogen-bond donors (Lipinski definition) is 1. The van der Waals surface area contributed by atoms with Crippen LogP contribution in [0.5, 0.6) is 0 Å². The molecular formula is C20H39NO5Si. The van der Waals surface area contributed by atoms with Gasteiger partial charge in [-0.05, 0) is 50.9 Å². The van der Waals surface area contributed by atoms with E-state index in [-0.39, 0.29) is 18.0 Å². The Hall–Kier alpha value is -0.893. The lowest BCUT2D eigenvalue weighted by molar-refractivity contribution is 0.00110. The number of aliphatic hydroxyl groups excluding tert-OH is 1. The molecule has 6 nitrogen and oxygen atoms in total. The molecule has 0 fully saturated rings. The second-order valence-electron chi connectivity index (χ2n) is 10.2. The van der Waals surface area contributed by atoms with Crippen LogP contribution in [0, 0.1) is 5.41 Å². The van der Waals surface area contributed by atoms with E-state index in [2.05, 4.69) is 33.9 Å². The van der Waals surface area contributed by atoms with Gasteiger partial charge in [-0.15, -0.1) is 0 Å². The van der Waals surface area contributed by atoms with E-state index < -0.39 is 26.1 Å². The predicted molar refractivity (Wildman–Crippen MR) is 110 cm³/mol. The van der Waals surface area contributed by atoms with Gasteiger partial charge in [0, 0.05) is 7.11 Å². The molecule has 1 aliphatic heterocycles. The molecule has 1 N–H and O–H groups in total. The quantitative estimate of drug-likeness (QED) is 0.541. The number of nitrogens with zero attached hydrogens (tertiary/aromatic N) is 1. The molecule has 1 amide bonds.